The van der Waals surface area contributed by atoms with Crippen molar-refractivity contribution >= 4 is 13.7 Å². The summed E-state index contributed by atoms with van der Waals surface area (Å²) in [6.45, 7) is 4.60. The number of aliphatic hydroxyl groups excluding tert-OH is 1. The van der Waals surface area contributed by atoms with Crippen molar-refractivity contribution in [3.8, 4) is 0 Å². The van der Waals surface area contributed by atoms with Crippen LogP contribution in [0.3, 0.4) is 0 Å². The Kier molecular flexibility index (Phi) is 41.0. The summed E-state index contributed by atoms with van der Waals surface area (Å²) in [6.07, 6.45) is 49.0. The molecule has 0 aliphatic carbocycles. The van der Waals surface area contributed by atoms with Gasteiger partial charge in [-0.1, -0.05) is 231 Å². The molecule has 0 fully saturated rings. The van der Waals surface area contributed by atoms with E-state index in [0.29, 0.717) is 17.4 Å². The Morgan fingerprint density at radius 1 is 0.586 bits per heavy atom. The summed E-state index contributed by atoms with van der Waals surface area (Å²) < 4.78 is 23.1. The number of allylic oxidation sites excluding steroid dienone is 1. The number of unbranched alkanes of at least 4 members (excludes halogenated alkanes) is 33. The molecule has 0 spiro atoms. The molecule has 3 atom stereocenters. The van der Waals surface area contributed by atoms with Gasteiger partial charge in [-0.3, -0.25) is 9.36 Å². The van der Waals surface area contributed by atoms with Crippen LogP contribution in [0.4, 0.5) is 0 Å². The Balaban J connectivity index is 3.93. The van der Waals surface area contributed by atoms with Gasteiger partial charge in [-0.25, -0.2) is 0 Å². The molecule has 0 heterocycles. The van der Waals surface area contributed by atoms with Gasteiger partial charge in [0.25, 0.3) is 7.82 Å². The van der Waals surface area contributed by atoms with Crippen LogP contribution >= 0.6 is 7.82 Å². The van der Waals surface area contributed by atoms with Crippen LogP contribution in [0.25, 0.3) is 0 Å². The van der Waals surface area contributed by atoms with Crippen LogP contribution in [-0.4, -0.2) is 68.5 Å². The lowest BCUT2D eigenvalue weighted by Gasteiger charge is -2.29. The molecule has 8 nitrogen and oxygen atoms in total. The lowest BCUT2D eigenvalue weighted by atomic mass is 10.0. The molecule has 0 aliphatic heterocycles. The zero-order valence-electron chi connectivity index (χ0n) is 39.3. The van der Waals surface area contributed by atoms with Crippen LogP contribution in [0.2, 0.25) is 0 Å². The number of phosphoric ester groups is 1. The molecule has 0 radical (unpaired) electrons. The lowest BCUT2D eigenvalue weighted by molar-refractivity contribution is -0.870. The number of carbonyl (C=O) groups excluding carboxylic acids is 1. The number of nitrogens with one attached hydrogen (secondary N) is 1. The number of rotatable bonds is 46. The Labute approximate surface area is 361 Å². The number of amides is 1. The van der Waals surface area contributed by atoms with Gasteiger partial charge in [0.1, 0.15) is 13.2 Å². The smallest absolute Gasteiger partial charge is 0.268 e. The van der Waals surface area contributed by atoms with Gasteiger partial charge in [0.2, 0.25) is 5.91 Å². The number of carbonyl (C=O) groups is 1. The van der Waals surface area contributed by atoms with Crippen LogP contribution in [0.5, 0.6) is 0 Å². The summed E-state index contributed by atoms with van der Waals surface area (Å²) >= 11 is 0. The Morgan fingerprint density at radius 2 is 0.931 bits per heavy atom. The second kappa shape index (κ2) is 41.6. The SMILES string of the molecule is CCCCCCCCCCCCCCCCCCCCCCCCCCCCCC/C=C/C(O)C(COP(=O)([O-])OCC[N+](C)(C)C)NC(=O)CCCCCCCC. The molecule has 346 valence electrons. The lowest BCUT2D eigenvalue weighted by Crippen LogP contribution is -2.45. The molecule has 2 N–H and O–H groups in total. The number of likely N-dealkylation sites (N-methyl/N-ethyl adjacent to an activating group) is 1. The molecule has 3 unspecified atom stereocenters. The van der Waals surface area contributed by atoms with E-state index in [1.165, 1.54) is 186 Å². The monoisotopic (exact) mass is 843 g/mol. The average Bonchev–Trinajstić information content (AvgIpc) is 3.17. The first-order valence-corrected chi connectivity index (χ1v) is 26.5. The van der Waals surface area contributed by atoms with Gasteiger partial charge in [-0.15, -0.1) is 0 Å². The van der Waals surface area contributed by atoms with Crippen LogP contribution in [0.15, 0.2) is 12.2 Å². The molecule has 0 aliphatic rings. The standard InChI is InChI=1S/C49H99N2O6P/c1-6-8-10-12-14-15-16-17-18-19-20-21-22-23-24-25-26-27-28-29-30-31-32-33-34-35-36-37-38-40-42-48(52)47(50-49(53)43-41-39-13-11-9-7-2)46-57-58(54,55)56-45-44-51(3,4)5/h40,42,47-48,52H,6-39,41,43-46H2,1-5H3,(H-,50,53,54,55)/b42-40+. The summed E-state index contributed by atoms with van der Waals surface area (Å²) in [5, 5.41) is 13.7. The molecule has 58 heavy (non-hydrogen) atoms. The van der Waals surface area contributed by atoms with Gasteiger partial charge >= 0.3 is 0 Å². The minimum Gasteiger partial charge on any atom is -0.756 e. The predicted octanol–water partition coefficient (Wildman–Crippen LogP) is 13.7. The summed E-state index contributed by atoms with van der Waals surface area (Å²) in [7, 11) is 1.27. The normalized spacial score (nSPS) is 14.3. The van der Waals surface area contributed by atoms with Crippen molar-refractivity contribution in [1.29, 1.82) is 0 Å². The van der Waals surface area contributed by atoms with Gasteiger partial charge in [-0.2, -0.15) is 0 Å². The van der Waals surface area contributed by atoms with E-state index in [0.717, 1.165) is 38.5 Å². The third-order valence-electron chi connectivity index (χ3n) is 11.5. The molecule has 9 heteroatoms. The van der Waals surface area contributed by atoms with E-state index in [1.54, 1.807) is 6.08 Å². The minimum absolute atomic E-state index is 0.00145. The first kappa shape index (κ1) is 57.2. The number of hydrogen-bond acceptors (Lipinski definition) is 6. The van der Waals surface area contributed by atoms with E-state index in [2.05, 4.69) is 19.2 Å². The number of aliphatic hydroxyl groups is 1. The largest absolute Gasteiger partial charge is 0.756 e. The first-order valence-electron chi connectivity index (χ1n) is 25.1. The van der Waals surface area contributed by atoms with Crippen LogP contribution < -0.4 is 10.2 Å². The Bertz CT molecular complexity index is 958. The minimum atomic E-state index is -4.57. The fourth-order valence-corrected chi connectivity index (χ4v) is 8.23. The predicted molar refractivity (Wildman–Crippen MR) is 247 cm³/mol. The molecular formula is C49H99N2O6P. The van der Waals surface area contributed by atoms with Crippen molar-refractivity contribution in [2.45, 2.75) is 257 Å². The van der Waals surface area contributed by atoms with E-state index in [1.807, 2.05) is 27.2 Å². The molecule has 0 saturated carbocycles. The number of nitrogens with zero attached hydrogens (tertiary/aromatic N) is 1. The second-order valence-corrected chi connectivity index (χ2v) is 19.9. The fourth-order valence-electron chi connectivity index (χ4n) is 7.51. The zero-order valence-corrected chi connectivity index (χ0v) is 40.2. The van der Waals surface area contributed by atoms with Gasteiger partial charge in [0, 0.05) is 6.42 Å². The van der Waals surface area contributed by atoms with Crippen molar-refractivity contribution in [2.24, 2.45) is 0 Å². The molecule has 0 bridgehead atoms. The van der Waals surface area contributed by atoms with Gasteiger partial charge in [0.05, 0.1) is 39.9 Å². The quantitative estimate of drug-likeness (QED) is 0.0273. The zero-order chi connectivity index (χ0) is 42.8. The van der Waals surface area contributed by atoms with Crippen molar-refractivity contribution in [1.82, 2.24) is 5.32 Å². The third-order valence-corrected chi connectivity index (χ3v) is 12.5. The molecule has 0 rings (SSSR count). The maximum absolute atomic E-state index is 12.7. The number of hydrogen-bond donors (Lipinski definition) is 2. The third kappa shape index (κ3) is 43.3. The average molecular weight is 843 g/mol. The molecular weight excluding hydrogens is 744 g/mol. The van der Waals surface area contributed by atoms with E-state index in [4.69, 9.17) is 9.05 Å². The number of quaternary nitrogens is 1. The van der Waals surface area contributed by atoms with E-state index in [9.17, 15) is 19.4 Å². The highest BCUT2D eigenvalue weighted by molar-refractivity contribution is 7.45. The van der Waals surface area contributed by atoms with Crippen LogP contribution in [0.1, 0.15) is 245 Å². The van der Waals surface area contributed by atoms with Crippen LogP contribution in [0, 0.1) is 0 Å². The summed E-state index contributed by atoms with van der Waals surface area (Å²) in [6, 6.07) is -0.878. The summed E-state index contributed by atoms with van der Waals surface area (Å²) in [4.78, 5) is 25.1. The van der Waals surface area contributed by atoms with Gasteiger partial charge < -0.3 is 28.8 Å². The Hall–Kier alpha value is -0.760. The molecule has 0 aromatic carbocycles. The highest BCUT2D eigenvalue weighted by Gasteiger charge is 2.23. The van der Waals surface area contributed by atoms with Crippen molar-refractivity contribution in [3.63, 3.8) is 0 Å². The molecule has 0 aromatic rings. The van der Waals surface area contributed by atoms with E-state index in [-0.39, 0.29) is 19.1 Å². The van der Waals surface area contributed by atoms with Crippen molar-refractivity contribution in [2.75, 3.05) is 40.9 Å². The molecule has 0 saturated heterocycles. The summed E-state index contributed by atoms with van der Waals surface area (Å²) in [5.74, 6) is -0.205. The van der Waals surface area contributed by atoms with Gasteiger partial charge in [0.15, 0.2) is 0 Å². The maximum Gasteiger partial charge on any atom is 0.268 e. The second-order valence-electron chi connectivity index (χ2n) is 18.5. The molecule has 0 aromatic heterocycles. The number of phosphoric acid groups is 1. The fraction of sp³-hybridized carbons (Fsp3) is 0.939. The van der Waals surface area contributed by atoms with Crippen molar-refractivity contribution in [3.05, 3.63) is 12.2 Å². The van der Waals surface area contributed by atoms with Gasteiger partial charge in [-0.05, 0) is 19.3 Å². The molecule has 1 amide bonds. The maximum atomic E-state index is 12.7. The topological polar surface area (TPSA) is 108 Å². The Morgan fingerprint density at radius 3 is 1.29 bits per heavy atom. The highest BCUT2D eigenvalue weighted by atomic mass is 31.2. The highest BCUT2D eigenvalue weighted by Crippen LogP contribution is 2.38. The first-order chi connectivity index (χ1) is 28.0. The van der Waals surface area contributed by atoms with Crippen LogP contribution in [-0.2, 0) is 18.4 Å². The van der Waals surface area contributed by atoms with E-state index < -0.39 is 20.0 Å². The summed E-state index contributed by atoms with van der Waals surface area (Å²) in [5.41, 5.74) is 0. The van der Waals surface area contributed by atoms with Crippen molar-refractivity contribution < 1.29 is 32.9 Å². The van der Waals surface area contributed by atoms with E-state index >= 15 is 0 Å².